The second kappa shape index (κ2) is 7.77. The first kappa shape index (κ1) is 17.6. The molecule has 0 atom stereocenters. The summed E-state index contributed by atoms with van der Waals surface area (Å²) < 4.78 is 3.05. The van der Waals surface area contributed by atoms with Gasteiger partial charge in [0.1, 0.15) is 11.5 Å². The number of carbonyl (C=O) groups excluding carboxylic acids is 1. The molecule has 2 aromatic heterocycles. The number of anilines is 1. The zero-order chi connectivity index (χ0) is 18.5. The lowest BCUT2D eigenvalue weighted by molar-refractivity contribution is 0.101. The van der Waals surface area contributed by atoms with Crippen LogP contribution >= 0.6 is 0 Å². The van der Waals surface area contributed by atoms with E-state index in [0.717, 1.165) is 17.7 Å². The number of nitrogens with zero attached hydrogens (tertiary/aromatic N) is 4. The van der Waals surface area contributed by atoms with Crippen LogP contribution in [0.5, 0.6) is 0 Å². The predicted octanol–water partition coefficient (Wildman–Crippen LogP) is 2.46. The van der Waals surface area contributed by atoms with E-state index in [0.29, 0.717) is 18.9 Å². The Hall–Kier alpha value is -3.22. The van der Waals surface area contributed by atoms with Crippen molar-refractivity contribution >= 4 is 11.7 Å². The molecule has 0 radical (unpaired) electrons. The zero-order valence-corrected chi connectivity index (χ0v) is 14.8. The van der Waals surface area contributed by atoms with E-state index in [1.54, 1.807) is 4.68 Å². The average Bonchev–Trinajstić information content (AvgIpc) is 2.96. The molecule has 134 valence electrons. The summed E-state index contributed by atoms with van der Waals surface area (Å²) in [7, 11) is 0. The number of carbonyl (C=O) groups is 1. The SMILES string of the molecule is CCCn1nc(C(=O)Nc2cc(C)nn2Cc2ccccc2)ccc1=O. The third kappa shape index (κ3) is 4.05. The Morgan fingerprint density at radius 2 is 1.85 bits per heavy atom. The maximum Gasteiger partial charge on any atom is 0.277 e. The van der Waals surface area contributed by atoms with Gasteiger partial charge in [-0.3, -0.25) is 9.59 Å². The van der Waals surface area contributed by atoms with E-state index in [2.05, 4.69) is 15.5 Å². The van der Waals surface area contributed by atoms with Crippen LogP contribution < -0.4 is 10.9 Å². The first-order valence-corrected chi connectivity index (χ1v) is 8.54. The van der Waals surface area contributed by atoms with Crippen LogP contribution in [0, 0.1) is 6.92 Å². The second-order valence-corrected chi connectivity index (χ2v) is 6.05. The van der Waals surface area contributed by atoms with E-state index < -0.39 is 0 Å². The molecule has 7 nitrogen and oxygen atoms in total. The number of benzene rings is 1. The minimum Gasteiger partial charge on any atom is -0.305 e. The third-order valence-corrected chi connectivity index (χ3v) is 3.85. The zero-order valence-electron chi connectivity index (χ0n) is 14.8. The summed E-state index contributed by atoms with van der Waals surface area (Å²) in [6.45, 7) is 4.85. The molecule has 2 heterocycles. The Kier molecular flexibility index (Phi) is 5.26. The van der Waals surface area contributed by atoms with Crippen LogP contribution in [0.1, 0.15) is 35.1 Å². The van der Waals surface area contributed by atoms with Gasteiger partial charge in [0.05, 0.1) is 12.2 Å². The largest absolute Gasteiger partial charge is 0.305 e. The molecule has 0 bridgehead atoms. The van der Waals surface area contributed by atoms with Crippen LogP contribution in [-0.2, 0) is 13.1 Å². The van der Waals surface area contributed by atoms with Gasteiger partial charge in [-0.1, -0.05) is 37.3 Å². The van der Waals surface area contributed by atoms with E-state index in [9.17, 15) is 9.59 Å². The second-order valence-electron chi connectivity index (χ2n) is 6.05. The van der Waals surface area contributed by atoms with Gasteiger partial charge in [-0.25, -0.2) is 9.36 Å². The van der Waals surface area contributed by atoms with Crippen molar-refractivity contribution in [3.05, 3.63) is 75.8 Å². The molecule has 1 amide bonds. The van der Waals surface area contributed by atoms with Crippen molar-refractivity contribution in [3.63, 3.8) is 0 Å². The maximum atomic E-state index is 12.6. The van der Waals surface area contributed by atoms with Crippen LogP contribution in [-0.4, -0.2) is 25.5 Å². The summed E-state index contributed by atoms with van der Waals surface area (Å²) in [5, 5.41) is 11.4. The number of rotatable bonds is 6. The Labute approximate surface area is 151 Å². The van der Waals surface area contributed by atoms with Gasteiger partial charge >= 0.3 is 0 Å². The lowest BCUT2D eigenvalue weighted by Gasteiger charge is -2.10. The molecule has 0 saturated heterocycles. The van der Waals surface area contributed by atoms with E-state index >= 15 is 0 Å². The lowest BCUT2D eigenvalue weighted by Crippen LogP contribution is -2.26. The monoisotopic (exact) mass is 351 g/mol. The van der Waals surface area contributed by atoms with Gasteiger partial charge in [0.2, 0.25) is 0 Å². The molecule has 0 spiro atoms. The van der Waals surface area contributed by atoms with Crippen LogP contribution in [0.4, 0.5) is 5.82 Å². The van der Waals surface area contributed by atoms with Crippen LogP contribution in [0.3, 0.4) is 0 Å². The molecule has 0 fully saturated rings. The van der Waals surface area contributed by atoms with Crippen molar-refractivity contribution in [2.24, 2.45) is 0 Å². The Morgan fingerprint density at radius 3 is 2.58 bits per heavy atom. The number of amides is 1. The Bertz CT molecular complexity index is 960. The highest BCUT2D eigenvalue weighted by molar-refractivity contribution is 6.02. The topological polar surface area (TPSA) is 81.8 Å². The number of hydrogen-bond donors (Lipinski definition) is 1. The van der Waals surface area contributed by atoms with Crippen molar-refractivity contribution in [1.29, 1.82) is 0 Å². The molecule has 26 heavy (non-hydrogen) atoms. The molecule has 7 heteroatoms. The number of nitrogens with one attached hydrogen (secondary N) is 1. The molecule has 1 N–H and O–H groups in total. The molecular weight excluding hydrogens is 330 g/mol. The highest BCUT2D eigenvalue weighted by Crippen LogP contribution is 2.14. The number of aryl methyl sites for hydroxylation is 2. The van der Waals surface area contributed by atoms with E-state index in [4.69, 9.17) is 0 Å². The van der Waals surface area contributed by atoms with Gasteiger partial charge in [0, 0.05) is 18.7 Å². The molecule has 1 aromatic carbocycles. The van der Waals surface area contributed by atoms with E-state index in [-0.39, 0.29) is 17.2 Å². The molecule has 0 aliphatic heterocycles. The summed E-state index contributed by atoms with van der Waals surface area (Å²) in [5.74, 6) is 0.218. The molecule has 0 aliphatic rings. The first-order valence-electron chi connectivity index (χ1n) is 8.54. The summed E-state index contributed by atoms with van der Waals surface area (Å²) in [5.41, 5.74) is 1.87. The Balaban J connectivity index is 1.82. The predicted molar refractivity (Wildman–Crippen MR) is 99.2 cm³/mol. The van der Waals surface area contributed by atoms with E-state index in [1.165, 1.54) is 16.8 Å². The van der Waals surface area contributed by atoms with Crippen molar-refractivity contribution in [1.82, 2.24) is 19.6 Å². The number of hydrogen-bond acceptors (Lipinski definition) is 4. The Morgan fingerprint density at radius 1 is 1.08 bits per heavy atom. The minimum absolute atomic E-state index is 0.197. The van der Waals surface area contributed by atoms with Crippen LogP contribution in [0.15, 0.2) is 53.3 Å². The molecule has 3 aromatic rings. The smallest absolute Gasteiger partial charge is 0.277 e. The summed E-state index contributed by atoms with van der Waals surface area (Å²) in [4.78, 5) is 24.3. The van der Waals surface area contributed by atoms with Crippen molar-refractivity contribution in [2.45, 2.75) is 33.4 Å². The van der Waals surface area contributed by atoms with Gasteiger partial charge in [-0.15, -0.1) is 0 Å². The average molecular weight is 351 g/mol. The van der Waals surface area contributed by atoms with Gasteiger partial charge in [0.25, 0.3) is 11.5 Å². The normalized spacial score (nSPS) is 10.7. The van der Waals surface area contributed by atoms with Gasteiger partial charge in [-0.05, 0) is 25.0 Å². The highest BCUT2D eigenvalue weighted by Gasteiger charge is 2.14. The molecule has 0 aliphatic carbocycles. The maximum absolute atomic E-state index is 12.6. The van der Waals surface area contributed by atoms with Crippen LogP contribution in [0.2, 0.25) is 0 Å². The number of aromatic nitrogens is 4. The fourth-order valence-electron chi connectivity index (χ4n) is 2.65. The van der Waals surface area contributed by atoms with Crippen molar-refractivity contribution in [2.75, 3.05) is 5.32 Å². The minimum atomic E-state index is -0.371. The third-order valence-electron chi connectivity index (χ3n) is 3.85. The fraction of sp³-hybridized carbons (Fsp3) is 0.263. The van der Waals surface area contributed by atoms with Crippen molar-refractivity contribution in [3.8, 4) is 0 Å². The molecule has 3 rings (SSSR count). The highest BCUT2D eigenvalue weighted by atomic mass is 16.2. The van der Waals surface area contributed by atoms with Gasteiger partial charge in [-0.2, -0.15) is 10.2 Å². The summed E-state index contributed by atoms with van der Waals surface area (Å²) in [6.07, 6.45) is 0.765. The van der Waals surface area contributed by atoms with E-state index in [1.807, 2.05) is 50.2 Å². The summed E-state index contributed by atoms with van der Waals surface area (Å²) >= 11 is 0. The van der Waals surface area contributed by atoms with Crippen LogP contribution in [0.25, 0.3) is 0 Å². The van der Waals surface area contributed by atoms with Gasteiger partial charge < -0.3 is 5.32 Å². The lowest BCUT2D eigenvalue weighted by atomic mass is 10.2. The first-order chi connectivity index (χ1) is 12.6. The quantitative estimate of drug-likeness (QED) is 0.740. The van der Waals surface area contributed by atoms with Crippen molar-refractivity contribution < 1.29 is 4.79 Å². The van der Waals surface area contributed by atoms with Gasteiger partial charge in [0.15, 0.2) is 0 Å². The molecule has 0 saturated carbocycles. The fourth-order valence-corrected chi connectivity index (χ4v) is 2.65. The molecule has 0 unspecified atom stereocenters. The molecular formula is C19H21N5O2. The summed E-state index contributed by atoms with van der Waals surface area (Å²) in [6, 6.07) is 14.5. The standard InChI is InChI=1S/C19H21N5O2/c1-3-11-23-18(25)10-9-16(22-23)19(26)20-17-12-14(2)21-24(17)13-15-7-5-4-6-8-15/h4-10,12H,3,11,13H2,1-2H3,(H,20,26).